The third-order valence-electron chi connectivity index (χ3n) is 3.67. The Balaban J connectivity index is 1.77. The van der Waals surface area contributed by atoms with Crippen LogP contribution in [-0.2, 0) is 4.79 Å². The molecule has 0 unspecified atom stereocenters. The maximum atomic E-state index is 12.0. The lowest BCUT2D eigenvalue weighted by atomic mass is 10.3. The van der Waals surface area contributed by atoms with Crippen molar-refractivity contribution in [2.75, 3.05) is 7.05 Å². The first-order chi connectivity index (χ1) is 11.6. The number of nitrogens with zero attached hydrogens (tertiary/aromatic N) is 3. The van der Waals surface area contributed by atoms with E-state index in [4.69, 9.17) is 0 Å². The maximum Gasteiger partial charge on any atom is 0.321 e. The van der Waals surface area contributed by atoms with E-state index in [0.717, 1.165) is 24.4 Å². The molecule has 7 nitrogen and oxygen atoms in total. The van der Waals surface area contributed by atoms with Crippen molar-refractivity contribution in [1.29, 1.82) is 0 Å². The van der Waals surface area contributed by atoms with Gasteiger partial charge in [-0.1, -0.05) is 30.0 Å². The van der Waals surface area contributed by atoms with Crippen molar-refractivity contribution in [1.82, 2.24) is 25.4 Å². The van der Waals surface area contributed by atoms with Crippen molar-refractivity contribution in [3.8, 4) is 5.69 Å². The second kappa shape index (κ2) is 7.04. The first kappa shape index (κ1) is 16.5. The van der Waals surface area contributed by atoms with E-state index < -0.39 is 11.3 Å². The van der Waals surface area contributed by atoms with Crippen molar-refractivity contribution in [3.05, 3.63) is 36.2 Å². The Morgan fingerprint density at radius 1 is 1.29 bits per heavy atom. The van der Waals surface area contributed by atoms with Crippen LogP contribution in [0.2, 0.25) is 0 Å². The van der Waals surface area contributed by atoms with Gasteiger partial charge in [-0.2, -0.15) is 0 Å². The molecule has 1 aliphatic carbocycles. The summed E-state index contributed by atoms with van der Waals surface area (Å²) in [4.78, 5) is 27.8. The molecular weight excluding hydrogens is 326 g/mol. The monoisotopic (exact) mass is 345 g/mol. The van der Waals surface area contributed by atoms with Gasteiger partial charge in [0.05, 0.1) is 10.9 Å². The standard InChI is InChI=1S/C16H19N5O2S/c1-10(14(22)19-15(23)17-2)24-16-18-13(11-8-9-11)21(20-16)12-6-4-3-5-7-12/h3-7,10-11H,8-9H2,1-2H3,(H2,17,19,22,23)/t10-/m1/s1. The molecule has 1 saturated carbocycles. The molecule has 2 N–H and O–H groups in total. The van der Waals surface area contributed by atoms with E-state index in [2.05, 4.69) is 20.7 Å². The molecule has 1 aromatic heterocycles. The first-order valence-electron chi connectivity index (χ1n) is 7.80. The quantitative estimate of drug-likeness (QED) is 0.810. The van der Waals surface area contributed by atoms with Gasteiger partial charge < -0.3 is 5.32 Å². The van der Waals surface area contributed by atoms with E-state index in [-0.39, 0.29) is 5.91 Å². The van der Waals surface area contributed by atoms with Gasteiger partial charge in [0, 0.05) is 13.0 Å². The zero-order valence-corrected chi connectivity index (χ0v) is 14.3. The third kappa shape index (κ3) is 3.76. The number of aromatic nitrogens is 3. The zero-order valence-electron chi connectivity index (χ0n) is 13.5. The Morgan fingerprint density at radius 2 is 2.00 bits per heavy atom. The van der Waals surface area contributed by atoms with Crippen LogP contribution >= 0.6 is 11.8 Å². The lowest BCUT2D eigenvalue weighted by Gasteiger charge is -2.08. The summed E-state index contributed by atoms with van der Waals surface area (Å²) in [6.07, 6.45) is 2.23. The van der Waals surface area contributed by atoms with Crippen LogP contribution < -0.4 is 10.6 Å². The van der Waals surface area contributed by atoms with Crippen LogP contribution in [0.1, 0.15) is 31.5 Å². The molecule has 0 bridgehead atoms. The van der Waals surface area contributed by atoms with Crippen LogP contribution in [0.15, 0.2) is 35.5 Å². The number of thioether (sulfide) groups is 1. The van der Waals surface area contributed by atoms with Gasteiger partial charge in [0.2, 0.25) is 11.1 Å². The molecule has 1 aromatic carbocycles. The van der Waals surface area contributed by atoms with Gasteiger partial charge in [-0.3, -0.25) is 10.1 Å². The van der Waals surface area contributed by atoms with Crippen molar-refractivity contribution >= 4 is 23.7 Å². The largest absolute Gasteiger partial charge is 0.341 e. The van der Waals surface area contributed by atoms with Crippen LogP contribution in [0.25, 0.3) is 5.69 Å². The van der Waals surface area contributed by atoms with Crippen molar-refractivity contribution in [2.45, 2.75) is 36.1 Å². The fraction of sp³-hybridized carbons (Fsp3) is 0.375. The highest BCUT2D eigenvalue weighted by Crippen LogP contribution is 2.40. The first-order valence-corrected chi connectivity index (χ1v) is 8.68. The molecule has 0 radical (unpaired) electrons. The lowest BCUT2D eigenvalue weighted by molar-refractivity contribution is -0.119. The van der Waals surface area contributed by atoms with Crippen LogP contribution in [0, 0.1) is 0 Å². The Hall–Kier alpha value is -2.35. The molecule has 1 atom stereocenters. The molecule has 2 aromatic rings. The summed E-state index contributed by atoms with van der Waals surface area (Å²) in [5, 5.41) is 9.24. The molecule has 3 amide bonds. The van der Waals surface area contributed by atoms with Crippen molar-refractivity contribution < 1.29 is 9.59 Å². The van der Waals surface area contributed by atoms with Gasteiger partial charge in [-0.25, -0.2) is 14.5 Å². The molecule has 1 aliphatic rings. The number of carbonyl (C=O) groups excluding carboxylic acids is 2. The van der Waals surface area contributed by atoms with E-state index in [0.29, 0.717) is 11.1 Å². The molecular formula is C16H19N5O2S. The number of para-hydroxylation sites is 1. The Morgan fingerprint density at radius 3 is 2.62 bits per heavy atom. The minimum absolute atomic E-state index is 0.372. The second-order valence-corrected chi connectivity index (χ2v) is 6.91. The fourth-order valence-corrected chi connectivity index (χ4v) is 2.96. The van der Waals surface area contributed by atoms with E-state index in [1.54, 1.807) is 6.92 Å². The van der Waals surface area contributed by atoms with E-state index in [9.17, 15) is 9.59 Å². The molecule has 3 rings (SSSR count). The highest BCUT2D eigenvalue weighted by atomic mass is 32.2. The average molecular weight is 345 g/mol. The fourth-order valence-electron chi connectivity index (χ4n) is 2.21. The number of amides is 3. The van der Waals surface area contributed by atoms with Crippen LogP contribution in [0.4, 0.5) is 4.79 Å². The summed E-state index contributed by atoms with van der Waals surface area (Å²) in [5.41, 5.74) is 0.959. The average Bonchev–Trinajstić information content (AvgIpc) is 3.36. The predicted molar refractivity (Wildman–Crippen MR) is 91.3 cm³/mol. The van der Waals surface area contributed by atoms with Crippen molar-refractivity contribution in [2.24, 2.45) is 0 Å². The summed E-state index contributed by atoms with van der Waals surface area (Å²) in [7, 11) is 1.46. The second-order valence-electron chi connectivity index (χ2n) is 5.60. The minimum atomic E-state index is -0.520. The molecule has 1 fully saturated rings. The molecule has 24 heavy (non-hydrogen) atoms. The highest BCUT2D eigenvalue weighted by molar-refractivity contribution is 8.00. The summed E-state index contributed by atoms with van der Waals surface area (Å²) in [6, 6.07) is 9.32. The minimum Gasteiger partial charge on any atom is -0.341 e. The van der Waals surface area contributed by atoms with Crippen LogP contribution in [0.3, 0.4) is 0 Å². The topological polar surface area (TPSA) is 88.9 Å². The number of urea groups is 1. The number of carbonyl (C=O) groups is 2. The third-order valence-corrected chi connectivity index (χ3v) is 4.62. The van der Waals surface area contributed by atoms with Gasteiger partial charge in [-0.15, -0.1) is 5.10 Å². The normalized spacial score (nSPS) is 14.9. The summed E-state index contributed by atoms with van der Waals surface area (Å²) in [6.45, 7) is 1.73. The number of imide groups is 1. The zero-order chi connectivity index (χ0) is 17.1. The van der Waals surface area contributed by atoms with E-state index in [1.807, 2.05) is 35.0 Å². The van der Waals surface area contributed by atoms with Gasteiger partial charge in [0.25, 0.3) is 0 Å². The summed E-state index contributed by atoms with van der Waals surface area (Å²) >= 11 is 1.24. The number of hydrogen-bond donors (Lipinski definition) is 2. The number of rotatable bonds is 5. The maximum absolute atomic E-state index is 12.0. The lowest BCUT2D eigenvalue weighted by Crippen LogP contribution is -2.41. The molecule has 1 heterocycles. The molecule has 0 aliphatic heterocycles. The van der Waals surface area contributed by atoms with Gasteiger partial charge >= 0.3 is 6.03 Å². The smallest absolute Gasteiger partial charge is 0.321 e. The summed E-state index contributed by atoms with van der Waals surface area (Å²) in [5.74, 6) is 0.994. The Labute approximate surface area is 144 Å². The number of nitrogens with one attached hydrogen (secondary N) is 2. The number of hydrogen-bond acceptors (Lipinski definition) is 5. The SMILES string of the molecule is CNC(=O)NC(=O)[C@@H](C)Sc1nc(C2CC2)n(-c2ccccc2)n1. The Kier molecular flexibility index (Phi) is 4.84. The predicted octanol–water partition coefficient (Wildman–Crippen LogP) is 2.08. The van der Waals surface area contributed by atoms with E-state index >= 15 is 0 Å². The van der Waals surface area contributed by atoms with Crippen LogP contribution in [0.5, 0.6) is 0 Å². The molecule has 126 valence electrons. The van der Waals surface area contributed by atoms with Crippen LogP contribution in [-0.4, -0.2) is 39.0 Å². The molecule has 8 heteroatoms. The van der Waals surface area contributed by atoms with Gasteiger partial charge in [0.1, 0.15) is 5.82 Å². The summed E-state index contributed by atoms with van der Waals surface area (Å²) < 4.78 is 1.85. The number of benzene rings is 1. The van der Waals surface area contributed by atoms with E-state index in [1.165, 1.54) is 18.8 Å². The molecule has 0 spiro atoms. The highest BCUT2D eigenvalue weighted by Gasteiger charge is 2.31. The van der Waals surface area contributed by atoms with Gasteiger partial charge in [-0.05, 0) is 31.9 Å². The van der Waals surface area contributed by atoms with Gasteiger partial charge in [0.15, 0.2) is 0 Å². The van der Waals surface area contributed by atoms with Crippen molar-refractivity contribution in [3.63, 3.8) is 0 Å². The Bertz CT molecular complexity index is 742. The molecule has 0 saturated heterocycles.